The number of aromatic nitrogens is 3. The fourth-order valence-corrected chi connectivity index (χ4v) is 3.97. The van der Waals surface area contributed by atoms with Crippen molar-refractivity contribution in [1.82, 2.24) is 14.5 Å². The number of hydrogen-bond donors (Lipinski definition) is 3. The summed E-state index contributed by atoms with van der Waals surface area (Å²) in [5.74, 6) is -0.257. The van der Waals surface area contributed by atoms with Crippen LogP contribution >= 0.6 is 11.6 Å². The van der Waals surface area contributed by atoms with Gasteiger partial charge in [0.25, 0.3) is 0 Å². The van der Waals surface area contributed by atoms with Crippen LogP contribution in [0.25, 0.3) is 11.0 Å². The molecular weight excluding hydrogens is 388 g/mol. The van der Waals surface area contributed by atoms with Gasteiger partial charge >= 0.3 is 5.97 Å². The van der Waals surface area contributed by atoms with Gasteiger partial charge in [0.05, 0.1) is 10.9 Å². The Morgan fingerprint density at radius 2 is 2.00 bits per heavy atom. The van der Waals surface area contributed by atoms with Gasteiger partial charge in [-0.25, -0.2) is 14.8 Å². The molecule has 9 nitrogen and oxygen atoms in total. The summed E-state index contributed by atoms with van der Waals surface area (Å²) in [4.78, 5) is 20.3. The van der Waals surface area contributed by atoms with E-state index in [2.05, 4.69) is 9.97 Å². The molecule has 0 amide bonds. The number of carbonyl (C=O) groups excluding carboxylic acids is 1. The summed E-state index contributed by atoms with van der Waals surface area (Å²) in [6.07, 6.45) is -2.39. The van der Waals surface area contributed by atoms with Crippen LogP contribution in [0.15, 0.2) is 36.8 Å². The van der Waals surface area contributed by atoms with Crippen LogP contribution in [0.4, 0.5) is 5.82 Å². The molecule has 0 spiro atoms. The van der Waals surface area contributed by atoms with E-state index in [4.69, 9.17) is 26.8 Å². The number of nitrogens with two attached hydrogens (primary N) is 1. The standard InChI is InChI=1S/C18H15ClN4O5/c19-7-1-2-8-10(5-7)18(26)28-13(8)14-11(24)12(25)17(27-14)23-4-3-9-15(20)21-6-22-16(9)23/h1-6,11-14,17,24-25H,(H2,20,21,22)/t11-,12+,13-,14-,17+/m0/s1. The molecule has 2 aliphatic rings. The molecule has 0 unspecified atom stereocenters. The summed E-state index contributed by atoms with van der Waals surface area (Å²) >= 11 is 5.95. The van der Waals surface area contributed by atoms with Crippen molar-refractivity contribution in [3.8, 4) is 0 Å². The Labute approximate surface area is 163 Å². The number of carbonyl (C=O) groups is 1. The van der Waals surface area contributed by atoms with E-state index in [9.17, 15) is 15.0 Å². The van der Waals surface area contributed by atoms with Crippen molar-refractivity contribution in [3.63, 3.8) is 0 Å². The molecule has 144 valence electrons. The molecule has 0 aliphatic carbocycles. The van der Waals surface area contributed by atoms with E-state index >= 15 is 0 Å². The van der Waals surface area contributed by atoms with Gasteiger partial charge in [-0.1, -0.05) is 17.7 Å². The van der Waals surface area contributed by atoms with Gasteiger partial charge in [-0.2, -0.15) is 0 Å². The summed E-state index contributed by atoms with van der Waals surface area (Å²) in [5.41, 5.74) is 7.18. The van der Waals surface area contributed by atoms with Crippen molar-refractivity contribution in [1.29, 1.82) is 0 Å². The monoisotopic (exact) mass is 402 g/mol. The molecule has 1 aromatic carbocycles. The van der Waals surface area contributed by atoms with E-state index in [1.807, 2.05) is 0 Å². The molecular formula is C18H15ClN4O5. The molecule has 4 heterocycles. The van der Waals surface area contributed by atoms with Crippen LogP contribution in [-0.2, 0) is 9.47 Å². The van der Waals surface area contributed by atoms with Crippen LogP contribution in [-0.4, -0.2) is 49.0 Å². The van der Waals surface area contributed by atoms with E-state index in [0.717, 1.165) is 0 Å². The first kappa shape index (κ1) is 17.4. The highest BCUT2D eigenvalue weighted by atomic mass is 35.5. The van der Waals surface area contributed by atoms with E-state index in [0.29, 0.717) is 33.0 Å². The number of halogens is 1. The van der Waals surface area contributed by atoms with Gasteiger partial charge in [0.15, 0.2) is 12.3 Å². The quantitative estimate of drug-likeness (QED) is 0.544. The highest BCUT2D eigenvalue weighted by Gasteiger charge is 2.51. The summed E-state index contributed by atoms with van der Waals surface area (Å²) in [6.45, 7) is 0. The minimum Gasteiger partial charge on any atom is -0.451 e. The second-order valence-corrected chi connectivity index (χ2v) is 7.19. The highest BCUT2D eigenvalue weighted by Crippen LogP contribution is 2.43. The number of nitrogen functional groups attached to an aromatic ring is 1. The van der Waals surface area contributed by atoms with E-state index < -0.39 is 36.6 Å². The number of rotatable bonds is 2. The Hall–Kier alpha value is -2.72. The normalized spacial score (nSPS) is 29.2. The molecule has 10 heteroatoms. The Balaban J connectivity index is 1.51. The highest BCUT2D eigenvalue weighted by molar-refractivity contribution is 6.31. The smallest absolute Gasteiger partial charge is 0.339 e. The second kappa shape index (κ2) is 6.14. The Bertz CT molecular complexity index is 1100. The van der Waals surface area contributed by atoms with E-state index in [1.54, 1.807) is 29.0 Å². The molecule has 5 atom stereocenters. The molecule has 4 N–H and O–H groups in total. The number of esters is 1. The Morgan fingerprint density at radius 1 is 1.18 bits per heavy atom. The number of fused-ring (bicyclic) bond motifs is 2. The maximum absolute atomic E-state index is 12.2. The van der Waals surface area contributed by atoms with E-state index in [1.165, 1.54) is 12.4 Å². The fraction of sp³-hybridized carbons (Fsp3) is 0.278. The molecule has 28 heavy (non-hydrogen) atoms. The van der Waals surface area contributed by atoms with Gasteiger partial charge < -0.3 is 30.0 Å². The minimum atomic E-state index is -1.29. The van der Waals surface area contributed by atoms with Gasteiger partial charge in [0.1, 0.15) is 36.1 Å². The average Bonchev–Trinajstić information content (AvgIpc) is 3.32. The lowest BCUT2D eigenvalue weighted by Crippen LogP contribution is -2.35. The number of aliphatic hydroxyl groups is 2. The zero-order valence-electron chi connectivity index (χ0n) is 14.3. The zero-order valence-corrected chi connectivity index (χ0v) is 15.0. The third-order valence-electron chi connectivity index (χ3n) is 5.16. The van der Waals surface area contributed by atoms with Gasteiger partial charge in [0.2, 0.25) is 0 Å². The molecule has 2 aliphatic heterocycles. The van der Waals surface area contributed by atoms with Crippen molar-refractivity contribution in [2.75, 3.05) is 5.73 Å². The van der Waals surface area contributed by atoms with Crippen molar-refractivity contribution in [2.24, 2.45) is 0 Å². The van der Waals surface area contributed by atoms with Crippen molar-refractivity contribution < 1.29 is 24.5 Å². The lowest BCUT2D eigenvalue weighted by Gasteiger charge is -2.21. The molecule has 3 aromatic rings. The Morgan fingerprint density at radius 3 is 2.82 bits per heavy atom. The fourth-order valence-electron chi connectivity index (χ4n) is 3.80. The summed E-state index contributed by atoms with van der Waals surface area (Å²) < 4.78 is 12.9. The molecule has 1 saturated heterocycles. The lowest BCUT2D eigenvalue weighted by molar-refractivity contribution is -0.0864. The molecule has 2 aromatic heterocycles. The molecule has 1 fully saturated rings. The first-order chi connectivity index (χ1) is 13.5. The van der Waals surface area contributed by atoms with Crippen LogP contribution in [0.2, 0.25) is 5.02 Å². The predicted molar refractivity (Wildman–Crippen MR) is 97.5 cm³/mol. The first-order valence-corrected chi connectivity index (χ1v) is 8.92. The van der Waals surface area contributed by atoms with Crippen LogP contribution in [0, 0.1) is 0 Å². The maximum atomic E-state index is 12.2. The van der Waals surface area contributed by atoms with Gasteiger partial charge in [-0.15, -0.1) is 0 Å². The van der Waals surface area contributed by atoms with Crippen LogP contribution in [0.3, 0.4) is 0 Å². The molecule has 0 bridgehead atoms. The van der Waals surface area contributed by atoms with Gasteiger partial charge in [0, 0.05) is 16.8 Å². The topological polar surface area (TPSA) is 133 Å². The van der Waals surface area contributed by atoms with E-state index in [-0.39, 0.29) is 0 Å². The van der Waals surface area contributed by atoms with Crippen LogP contribution in [0.5, 0.6) is 0 Å². The first-order valence-electron chi connectivity index (χ1n) is 8.55. The number of hydrogen-bond acceptors (Lipinski definition) is 8. The number of anilines is 1. The number of ether oxygens (including phenoxy) is 2. The van der Waals surface area contributed by atoms with Crippen LogP contribution in [0.1, 0.15) is 28.3 Å². The second-order valence-electron chi connectivity index (χ2n) is 6.75. The minimum absolute atomic E-state index is 0.295. The number of cyclic esters (lactones) is 1. The average molecular weight is 403 g/mol. The number of nitrogens with zero attached hydrogens (tertiary/aromatic N) is 3. The van der Waals surface area contributed by atoms with Crippen molar-refractivity contribution in [2.45, 2.75) is 30.6 Å². The predicted octanol–water partition coefficient (Wildman–Crippen LogP) is 1.20. The lowest BCUT2D eigenvalue weighted by atomic mass is 9.97. The van der Waals surface area contributed by atoms with Crippen molar-refractivity contribution in [3.05, 3.63) is 52.9 Å². The Kier molecular flexibility index (Phi) is 3.81. The van der Waals surface area contributed by atoms with Gasteiger partial charge in [-0.3, -0.25) is 0 Å². The summed E-state index contributed by atoms with van der Waals surface area (Å²) in [7, 11) is 0. The largest absolute Gasteiger partial charge is 0.451 e. The number of benzene rings is 1. The third kappa shape index (κ3) is 2.41. The van der Waals surface area contributed by atoms with Crippen LogP contribution < -0.4 is 5.73 Å². The third-order valence-corrected chi connectivity index (χ3v) is 5.40. The molecule has 5 rings (SSSR count). The number of aliphatic hydroxyl groups excluding tert-OH is 2. The van der Waals surface area contributed by atoms with Crippen molar-refractivity contribution >= 4 is 34.4 Å². The van der Waals surface area contributed by atoms with Gasteiger partial charge in [-0.05, 0) is 18.2 Å². The summed E-state index contributed by atoms with van der Waals surface area (Å²) in [6, 6.07) is 6.49. The maximum Gasteiger partial charge on any atom is 0.339 e. The molecule has 0 saturated carbocycles. The SMILES string of the molecule is Nc1ncnc2c1ccn2[C@@H]1O[C@H]([C@H]2OC(=O)c3cc(Cl)ccc32)[C@@H](O)[C@H]1O. The molecule has 0 radical (unpaired) electrons. The summed E-state index contributed by atoms with van der Waals surface area (Å²) in [5, 5.41) is 22.2. The zero-order chi connectivity index (χ0) is 19.6.